The van der Waals surface area contributed by atoms with Crippen LogP contribution in [0.25, 0.3) is 0 Å². The molecule has 1 atom stereocenters. The zero-order valence-electron chi connectivity index (χ0n) is 25.9. The summed E-state index contributed by atoms with van der Waals surface area (Å²) in [5.41, 5.74) is 5.46. The van der Waals surface area contributed by atoms with Gasteiger partial charge in [-0.2, -0.15) is 0 Å². The summed E-state index contributed by atoms with van der Waals surface area (Å²) in [6.45, 7) is 6.30. The Balaban J connectivity index is 1.61. The van der Waals surface area contributed by atoms with Crippen LogP contribution in [0.15, 0.2) is 72.8 Å². The van der Waals surface area contributed by atoms with Gasteiger partial charge < -0.3 is 10.2 Å². The number of hydrogen-bond acceptors (Lipinski definition) is 4. The maximum atomic E-state index is 14.1. The Hall–Kier alpha value is -3.65. The van der Waals surface area contributed by atoms with Gasteiger partial charge in [-0.3, -0.25) is 13.9 Å². The first-order valence-electron chi connectivity index (χ1n) is 15.3. The van der Waals surface area contributed by atoms with Crippen LogP contribution in [0.2, 0.25) is 0 Å². The third-order valence-corrected chi connectivity index (χ3v) is 9.54. The van der Waals surface area contributed by atoms with Gasteiger partial charge in [0, 0.05) is 32.0 Å². The van der Waals surface area contributed by atoms with Crippen LogP contribution in [0.1, 0.15) is 66.3 Å². The van der Waals surface area contributed by atoms with Crippen LogP contribution in [0.5, 0.6) is 0 Å². The average Bonchev–Trinajstić information content (AvgIpc) is 3.48. The summed E-state index contributed by atoms with van der Waals surface area (Å²) in [6, 6.07) is 22.9. The number of hydrogen-bond donors (Lipinski definition) is 1. The van der Waals surface area contributed by atoms with Crippen molar-refractivity contribution < 1.29 is 18.0 Å². The summed E-state index contributed by atoms with van der Waals surface area (Å²) in [4.78, 5) is 29.7. The first-order chi connectivity index (χ1) is 20.5. The fourth-order valence-corrected chi connectivity index (χ4v) is 6.88. The fourth-order valence-electron chi connectivity index (χ4n) is 5.86. The van der Waals surface area contributed by atoms with Crippen molar-refractivity contribution in [1.82, 2.24) is 10.2 Å². The second kappa shape index (κ2) is 14.7. The second-order valence-electron chi connectivity index (χ2n) is 11.9. The first-order valence-corrected chi connectivity index (χ1v) is 17.1. The molecule has 1 aliphatic rings. The van der Waals surface area contributed by atoms with Crippen LogP contribution in [0, 0.1) is 20.8 Å². The van der Waals surface area contributed by atoms with Crippen LogP contribution in [-0.2, 0) is 32.6 Å². The van der Waals surface area contributed by atoms with E-state index in [0.29, 0.717) is 25.1 Å². The molecule has 8 heteroatoms. The third-order valence-electron chi connectivity index (χ3n) is 8.36. The second-order valence-corrected chi connectivity index (χ2v) is 13.8. The summed E-state index contributed by atoms with van der Waals surface area (Å²) in [6.07, 6.45) is 6.13. The van der Waals surface area contributed by atoms with Gasteiger partial charge in [-0.1, -0.05) is 79.6 Å². The average molecular weight is 604 g/mol. The van der Waals surface area contributed by atoms with Gasteiger partial charge in [0.05, 0.1) is 11.9 Å². The fraction of sp³-hybridized carbons (Fsp3) is 0.429. The number of carbonyl (C=O) groups excluding carboxylic acids is 2. The molecular weight excluding hydrogens is 558 g/mol. The van der Waals surface area contributed by atoms with Crippen molar-refractivity contribution in [2.45, 2.75) is 84.3 Å². The SMILES string of the molecule is Cc1ccc(C)c(N(CCCC(=O)N(Cc2ccccc2C)[C@@H](Cc2ccccc2)C(=O)NC2CCCC2)S(C)(=O)=O)c1. The molecule has 4 rings (SSSR count). The summed E-state index contributed by atoms with van der Waals surface area (Å²) in [5, 5.41) is 3.24. The van der Waals surface area contributed by atoms with Crippen molar-refractivity contribution >= 4 is 27.5 Å². The number of sulfonamides is 1. The highest BCUT2D eigenvalue weighted by atomic mass is 32.2. The Morgan fingerprint density at radius 2 is 1.58 bits per heavy atom. The molecule has 0 aromatic heterocycles. The number of carbonyl (C=O) groups is 2. The van der Waals surface area contributed by atoms with Crippen LogP contribution in [-0.4, -0.2) is 50.0 Å². The van der Waals surface area contributed by atoms with Crippen LogP contribution in [0.4, 0.5) is 5.69 Å². The molecule has 0 radical (unpaired) electrons. The topological polar surface area (TPSA) is 86.8 Å². The lowest BCUT2D eigenvalue weighted by Gasteiger charge is -2.33. The molecule has 230 valence electrons. The highest BCUT2D eigenvalue weighted by Gasteiger charge is 2.32. The van der Waals surface area contributed by atoms with Gasteiger partial charge in [0.1, 0.15) is 6.04 Å². The highest BCUT2D eigenvalue weighted by Crippen LogP contribution is 2.25. The largest absolute Gasteiger partial charge is 0.352 e. The predicted octanol–water partition coefficient (Wildman–Crippen LogP) is 5.86. The van der Waals surface area contributed by atoms with E-state index in [1.165, 1.54) is 10.6 Å². The molecule has 7 nitrogen and oxygen atoms in total. The number of amides is 2. The summed E-state index contributed by atoms with van der Waals surface area (Å²) >= 11 is 0. The van der Waals surface area contributed by atoms with Gasteiger partial charge in [-0.15, -0.1) is 0 Å². The molecule has 0 unspecified atom stereocenters. The Kier molecular flexibility index (Phi) is 11.0. The molecule has 0 heterocycles. The zero-order valence-corrected chi connectivity index (χ0v) is 26.7. The van der Waals surface area contributed by atoms with E-state index in [9.17, 15) is 18.0 Å². The molecule has 1 fully saturated rings. The number of nitrogens with one attached hydrogen (secondary N) is 1. The van der Waals surface area contributed by atoms with E-state index < -0.39 is 16.1 Å². The molecule has 1 saturated carbocycles. The normalized spacial score (nSPS) is 14.3. The van der Waals surface area contributed by atoms with Gasteiger partial charge in [0.15, 0.2) is 0 Å². The van der Waals surface area contributed by atoms with E-state index in [1.807, 2.05) is 93.6 Å². The van der Waals surface area contributed by atoms with Crippen LogP contribution >= 0.6 is 0 Å². The Morgan fingerprint density at radius 3 is 2.26 bits per heavy atom. The van der Waals surface area contributed by atoms with Gasteiger partial charge in [0.2, 0.25) is 21.8 Å². The van der Waals surface area contributed by atoms with E-state index in [1.54, 1.807) is 4.90 Å². The highest BCUT2D eigenvalue weighted by molar-refractivity contribution is 7.92. The molecule has 3 aromatic carbocycles. The Bertz CT molecular complexity index is 1500. The molecule has 3 aromatic rings. The summed E-state index contributed by atoms with van der Waals surface area (Å²) in [5.74, 6) is -0.300. The van der Waals surface area contributed by atoms with E-state index in [0.717, 1.165) is 53.5 Å². The van der Waals surface area contributed by atoms with Crippen molar-refractivity contribution in [1.29, 1.82) is 0 Å². The molecule has 0 spiro atoms. The molecule has 0 bridgehead atoms. The van der Waals surface area contributed by atoms with E-state index >= 15 is 0 Å². The van der Waals surface area contributed by atoms with Crippen molar-refractivity contribution in [3.8, 4) is 0 Å². The number of rotatable bonds is 13. The van der Waals surface area contributed by atoms with Crippen LogP contribution in [0.3, 0.4) is 0 Å². The van der Waals surface area contributed by atoms with Gasteiger partial charge in [0.25, 0.3) is 0 Å². The smallest absolute Gasteiger partial charge is 0.243 e. The van der Waals surface area contributed by atoms with E-state index in [2.05, 4.69) is 5.32 Å². The quantitative estimate of drug-likeness (QED) is 0.265. The third kappa shape index (κ3) is 8.92. The molecule has 1 aliphatic carbocycles. The lowest BCUT2D eigenvalue weighted by atomic mass is 10.0. The minimum absolute atomic E-state index is 0.116. The van der Waals surface area contributed by atoms with Crippen LogP contribution < -0.4 is 9.62 Å². The monoisotopic (exact) mass is 603 g/mol. The summed E-state index contributed by atoms with van der Waals surface area (Å²) in [7, 11) is -3.57. The molecule has 0 aliphatic heterocycles. The van der Waals surface area contributed by atoms with Crippen molar-refractivity contribution in [3.63, 3.8) is 0 Å². The first kappa shape index (κ1) is 32.3. The minimum Gasteiger partial charge on any atom is -0.352 e. The van der Waals surface area contributed by atoms with Gasteiger partial charge >= 0.3 is 0 Å². The Morgan fingerprint density at radius 1 is 0.907 bits per heavy atom. The molecular formula is C35H45N3O4S. The Labute approximate surface area is 257 Å². The number of nitrogens with zero attached hydrogens (tertiary/aromatic N) is 2. The van der Waals surface area contributed by atoms with Gasteiger partial charge in [-0.25, -0.2) is 8.42 Å². The molecule has 0 saturated heterocycles. The van der Waals surface area contributed by atoms with E-state index in [4.69, 9.17) is 0 Å². The summed E-state index contributed by atoms with van der Waals surface area (Å²) < 4.78 is 27.0. The number of benzene rings is 3. The van der Waals surface area contributed by atoms with Gasteiger partial charge in [-0.05, 0) is 73.9 Å². The lowest BCUT2D eigenvalue weighted by molar-refractivity contribution is -0.141. The molecule has 1 N–H and O–H groups in total. The number of anilines is 1. The van der Waals surface area contributed by atoms with Crippen molar-refractivity contribution in [2.75, 3.05) is 17.1 Å². The maximum Gasteiger partial charge on any atom is 0.243 e. The standard InChI is InChI=1S/C35H45N3O4S/c1-26-20-21-28(3)32(23-26)38(43(4,41)42)22-12-19-34(39)37(25-30-16-9-8-13-27(30)2)33(24-29-14-6-5-7-15-29)35(40)36-31-17-10-11-18-31/h5-9,13-16,20-21,23,31,33H,10-12,17-19,22,24-25H2,1-4H3,(H,36,40)/t33-/m0/s1. The lowest BCUT2D eigenvalue weighted by Crippen LogP contribution is -2.52. The zero-order chi connectivity index (χ0) is 31.0. The van der Waals surface area contributed by atoms with Crippen molar-refractivity contribution in [3.05, 3.63) is 101 Å². The van der Waals surface area contributed by atoms with Crippen molar-refractivity contribution in [2.24, 2.45) is 0 Å². The molecule has 2 amide bonds. The minimum atomic E-state index is -3.57. The predicted molar refractivity (Wildman–Crippen MR) is 173 cm³/mol. The number of aryl methyl sites for hydroxylation is 3. The van der Waals surface area contributed by atoms with E-state index in [-0.39, 0.29) is 30.8 Å². The maximum absolute atomic E-state index is 14.1. The molecule has 43 heavy (non-hydrogen) atoms.